The Morgan fingerprint density at radius 2 is 2.25 bits per heavy atom. The van der Waals surface area contributed by atoms with Crippen LogP contribution >= 0.6 is 0 Å². The third-order valence-corrected chi connectivity index (χ3v) is 4.75. The number of carbonyl (C=O) groups is 1. The molecule has 0 aromatic carbocycles. The van der Waals surface area contributed by atoms with Gasteiger partial charge in [-0.3, -0.25) is 4.79 Å². The maximum absolute atomic E-state index is 11.6. The van der Waals surface area contributed by atoms with E-state index in [2.05, 4.69) is 5.32 Å². The maximum Gasteiger partial charge on any atom is 0.220 e. The van der Waals surface area contributed by atoms with Crippen LogP contribution in [0.1, 0.15) is 26.2 Å². The number of hydrogen-bond donors (Lipinski definition) is 2. The first-order valence-corrected chi connectivity index (χ1v) is 7.49. The van der Waals surface area contributed by atoms with Gasteiger partial charge in [-0.1, -0.05) is 13.3 Å². The van der Waals surface area contributed by atoms with Crippen LogP contribution in [0.3, 0.4) is 0 Å². The minimum Gasteiger partial charge on any atom is -0.352 e. The number of amides is 1. The number of rotatable bonds is 5. The molecule has 0 saturated carbocycles. The first-order chi connectivity index (χ1) is 7.46. The molecule has 0 radical (unpaired) electrons. The Kier molecular flexibility index (Phi) is 4.73. The van der Waals surface area contributed by atoms with Gasteiger partial charge < -0.3 is 11.1 Å². The summed E-state index contributed by atoms with van der Waals surface area (Å²) < 4.78 is 22.4. The molecular formula is C10H20N2O3S. The van der Waals surface area contributed by atoms with Crippen LogP contribution in [0.15, 0.2) is 0 Å². The number of nitrogens with one attached hydrogen (secondary N) is 1. The summed E-state index contributed by atoms with van der Waals surface area (Å²) in [5.41, 5.74) is 5.51. The van der Waals surface area contributed by atoms with Gasteiger partial charge in [0, 0.05) is 12.5 Å². The van der Waals surface area contributed by atoms with Crippen molar-refractivity contribution in [2.75, 3.05) is 18.1 Å². The summed E-state index contributed by atoms with van der Waals surface area (Å²) in [4.78, 5) is 11.6. The van der Waals surface area contributed by atoms with Crippen molar-refractivity contribution in [3.05, 3.63) is 0 Å². The summed E-state index contributed by atoms with van der Waals surface area (Å²) in [6.07, 6.45) is 1.80. The van der Waals surface area contributed by atoms with Crippen molar-refractivity contribution in [2.45, 2.75) is 32.2 Å². The normalized spacial score (nSPS) is 25.2. The van der Waals surface area contributed by atoms with Gasteiger partial charge in [0.05, 0.1) is 11.5 Å². The fourth-order valence-electron chi connectivity index (χ4n) is 1.85. The number of hydrogen-bond acceptors (Lipinski definition) is 4. The van der Waals surface area contributed by atoms with E-state index < -0.39 is 9.84 Å². The second-order valence-electron chi connectivity index (χ2n) is 4.38. The largest absolute Gasteiger partial charge is 0.352 e. The monoisotopic (exact) mass is 248 g/mol. The number of carbonyl (C=O) groups excluding carboxylic acids is 1. The average Bonchev–Trinajstić information content (AvgIpc) is 2.54. The third kappa shape index (κ3) is 4.09. The Morgan fingerprint density at radius 1 is 1.56 bits per heavy atom. The Balaban J connectivity index is 2.35. The molecule has 0 aromatic heterocycles. The highest BCUT2D eigenvalue weighted by Gasteiger charge is 2.29. The zero-order chi connectivity index (χ0) is 12.2. The summed E-state index contributed by atoms with van der Waals surface area (Å²) in [5, 5.41) is 2.76. The molecule has 5 nitrogen and oxygen atoms in total. The van der Waals surface area contributed by atoms with Crippen LogP contribution in [-0.4, -0.2) is 38.4 Å². The molecule has 1 rings (SSSR count). The predicted molar refractivity (Wildman–Crippen MR) is 62.7 cm³/mol. The zero-order valence-corrected chi connectivity index (χ0v) is 10.4. The van der Waals surface area contributed by atoms with Crippen molar-refractivity contribution in [1.82, 2.24) is 5.32 Å². The summed E-state index contributed by atoms with van der Waals surface area (Å²) in [6, 6.07) is -0.201. The van der Waals surface area contributed by atoms with E-state index in [0.717, 1.165) is 6.42 Å². The molecular weight excluding hydrogens is 228 g/mol. The Labute approximate surface area is 96.7 Å². The topological polar surface area (TPSA) is 89.3 Å². The van der Waals surface area contributed by atoms with Crippen molar-refractivity contribution in [3.63, 3.8) is 0 Å². The molecule has 1 aliphatic heterocycles. The molecule has 1 fully saturated rings. The average molecular weight is 248 g/mol. The van der Waals surface area contributed by atoms with Gasteiger partial charge in [-0.05, 0) is 18.9 Å². The van der Waals surface area contributed by atoms with Crippen LogP contribution in [0.5, 0.6) is 0 Å². The van der Waals surface area contributed by atoms with E-state index >= 15 is 0 Å². The maximum atomic E-state index is 11.6. The number of nitrogens with two attached hydrogens (primary N) is 1. The van der Waals surface area contributed by atoms with E-state index in [1.807, 2.05) is 6.92 Å². The highest BCUT2D eigenvalue weighted by Crippen LogP contribution is 2.12. The van der Waals surface area contributed by atoms with Crippen LogP contribution in [0, 0.1) is 5.92 Å². The highest BCUT2D eigenvalue weighted by atomic mass is 32.2. The van der Waals surface area contributed by atoms with E-state index in [4.69, 9.17) is 5.73 Å². The van der Waals surface area contributed by atoms with Crippen molar-refractivity contribution in [2.24, 2.45) is 11.7 Å². The lowest BCUT2D eigenvalue weighted by Crippen LogP contribution is -2.37. The summed E-state index contributed by atoms with van der Waals surface area (Å²) in [6.45, 7) is 2.48. The number of sulfone groups is 1. The second-order valence-corrected chi connectivity index (χ2v) is 6.61. The molecule has 1 amide bonds. The molecule has 3 N–H and O–H groups in total. The lowest BCUT2D eigenvalue weighted by Gasteiger charge is -2.14. The quantitative estimate of drug-likeness (QED) is 0.697. The van der Waals surface area contributed by atoms with Crippen LogP contribution in [0.4, 0.5) is 0 Å². The zero-order valence-electron chi connectivity index (χ0n) is 9.61. The molecule has 1 heterocycles. The lowest BCUT2D eigenvalue weighted by atomic mass is 10.0. The van der Waals surface area contributed by atoms with Gasteiger partial charge in [0.15, 0.2) is 9.84 Å². The van der Waals surface area contributed by atoms with Crippen LogP contribution in [0.25, 0.3) is 0 Å². The van der Waals surface area contributed by atoms with Crippen molar-refractivity contribution in [1.29, 1.82) is 0 Å². The van der Waals surface area contributed by atoms with Gasteiger partial charge in [-0.25, -0.2) is 8.42 Å². The Bertz CT molecular complexity index is 336. The second kappa shape index (κ2) is 5.63. The molecule has 16 heavy (non-hydrogen) atoms. The molecule has 0 aromatic rings. The van der Waals surface area contributed by atoms with E-state index in [1.165, 1.54) is 0 Å². The molecule has 1 saturated heterocycles. The van der Waals surface area contributed by atoms with Crippen LogP contribution in [-0.2, 0) is 14.6 Å². The van der Waals surface area contributed by atoms with Crippen molar-refractivity contribution < 1.29 is 13.2 Å². The first kappa shape index (κ1) is 13.4. The summed E-state index contributed by atoms with van der Waals surface area (Å²) >= 11 is 0. The van der Waals surface area contributed by atoms with Gasteiger partial charge in [0.25, 0.3) is 0 Å². The standard InChI is InChI=1S/C10H20N2O3S/c1-2-8(6-11)5-10(13)12-9-3-4-16(14,15)7-9/h8-9H,2-7,11H2,1H3,(H,12,13). The van der Waals surface area contributed by atoms with Gasteiger partial charge in [0.2, 0.25) is 5.91 Å². The van der Waals surface area contributed by atoms with Gasteiger partial charge in [-0.2, -0.15) is 0 Å². The smallest absolute Gasteiger partial charge is 0.220 e. The Morgan fingerprint density at radius 3 is 2.69 bits per heavy atom. The molecule has 0 spiro atoms. The van der Waals surface area contributed by atoms with Gasteiger partial charge >= 0.3 is 0 Å². The highest BCUT2D eigenvalue weighted by molar-refractivity contribution is 7.91. The van der Waals surface area contributed by atoms with E-state index in [-0.39, 0.29) is 29.4 Å². The molecule has 94 valence electrons. The first-order valence-electron chi connectivity index (χ1n) is 5.66. The molecule has 0 aliphatic carbocycles. The summed E-state index contributed by atoms with van der Waals surface area (Å²) in [5.74, 6) is 0.377. The fraction of sp³-hybridized carbons (Fsp3) is 0.900. The van der Waals surface area contributed by atoms with Crippen LogP contribution < -0.4 is 11.1 Å². The van der Waals surface area contributed by atoms with E-state index in [0.29, 0.717) is 19.4 Å². The van der Waals surface area contributed by atoms with E-state index in [9.17, 15) is 13.2 Å². The van der Waals surface area contributed by atoms with Crippen LogP contribution in [0.2, 0.25) is 0 Å². The fourth-order valence-corrected chi connectivity index (χ4v) is 3.53. The molecule has 6 heteroatoms. The van der Waals surface area contributed by atoms with Crippen molar-refractivity contribution >= 4 is 15.7 Å². The SMILES string of the molecule is CCC(CN)CC(=O)NC1CCS(=O)(=O)C1. The molecule has 1 aliphatic rings. The van der Waals surface area contributed by atoms with Gasteiger partial charge in [-0.15, -0.1) is 0 Å². The predicted octanol–water partition coefficient (Wildman–Crippen LogP) is -0.335. The molecule has 0 bridgehead atoms. The minimum absolute atomic E-state index is 0.0815. The van der Waals surface area contributed by atoms with Crippen molar-refractivity contribution in [3.8, 4) is 0 Å². The Hall–Kier alpha value is -0.620. The molecule has 2 atom stereocenters. The molecule has 2 unspecified atom stereocenters. The van der Waals surface area contributed by atoms with E-state index in [1.54, 1.807) is 0 Å². The lowest BCUT2D eigenvalue weighted by molar-refractivity contribution is -0.122. The summed E-state index contributed by atoms with van der Waals surface area (Å²) in [7, 11) is -2.92. The third-order valence-electron chi connectivity index (χ3n) is 2.98. The minimum atomic E-state index is -2.92. The van der Waals surface area contributed by atoms with Gasteiger partial charge in [0.1, 0.15) is 0 Å².